The number of likely N-dealkylation sites (N-methyl/N-ethyl adjacent to an activating group) is 1. The number of carbonyl (C=O) groups is 2. The second kappa shape index (κ2) is 6.50. The Labute approximate surface area is 120 Å². The van der Waals surface area contributed by atoms with Crippen molar-refractivity contribution in [2.24, 2.45) is 5.41 Å². The highest BCUT2D eigenvalue weighted by Crippen LogP contribution is 2.45. The van der Waals surface area contributed by atoms with Crippen LogP contribution in [0.4, 0.5) is 18.0 Å². The molecule has 0 spiro atoms. The van der Waals surface area contributed by atoms with Crippen LogP contribution in [0.5, 0.6) is 0 Å². The van der Waals surface area contributed by atoms with E-state index in [9.17, 15) is 22.8 Å². The molecule has 0 radical (unpaired) electrons. The number of likely N-dealkylation sites (tertiary alicyclic amines) is 1. The molecule has 1 heterocycles. The maximum atomic E-state index is 13.0. The zero-order valence-electron chi connectivity index (χ0n) is 12.0. The second-order valence-electron chi connectivity index (χ2n) is 5.18. The summed E-state index contributed by atoms with van der Waals surface area (Å²) in [5.41, 5.74) is -2.86. The number of urea groups is 1. The highest BCUT2D eigenvalue weighted by atomic mass is 19.4. The predicted octanol–water partition coefficient (Wildman–Crippen LogP) is 0.987. The molecular formula is C12H20F3N3O3. The molecule has 0 aromatic carbocycles. The van der Waals surface area contributed by atoms with Gasteiger partial charge in [-0.3, -0.25) is 4.79 Å². The van der Waals surface area contributed by atoms with Gasteiger partial charge in [-0.25, -0.2) is 4.79 Å². The van der Waals surface area contributed by atoms with E-state index in [0.29, 0.717) is 13.1 Å². The largest absolute Gasteiger partial charge is 0.481 e. The SMILES string of the molecule is CCN(C)CCNC(=O)N1CCC(C(=O)O)(C(F)(F)F)C1. The Morgan fingerprint density at radius 1 is 1.43 bits per heavy atom. The summed E-state index contributed by atoms with van der Waals surface area (Å²) < 4.78 is 38.9. The van der Waals surface area contributed by atoms with Crippen LogP contribution in [-0.4, -0.2) is 72.9 Å². The maximum absolute atomic E-state index is 13.0. The lowest BCUT2D eigenvalue weighted by atomic mass is 9.86. The summed E-state index contributed by atoms with van der Waals surface area (Å²) >= 11 is 0. The number of amides is 2. The van der Waals surface area contributed by atoms with E-state index in [1.54, 1.807) is 0 Å². The van der Waals surface area contributed by atoms with Gasteiger partial charge in [0.25, 0.3) is 0 Å². The molecule has 21 heavy (non-hydrogen) atoms. The van der Waals surface area contributed by atoms with E-state index >= 15 is 0 Å². The molecule has 1 unspecified atom stereocenters. The van der Waals surface area contributed by atoms with Crippen LogP contribution in [0.25, 0.3) is 0 Å². The summed E-state index contributed by atoms with van der Waals surface area (Å²) in [6.45, 7) is 2.52. The van der Waals surface area contributed by atoms with Gasteiger partial charge in [-0.1, -0.05) is 6.92 Å². The molecule has 1 saturated heterocycles. The van der Waals surface area contributed by atoms with Crippen LogP contribution in [0.3, 0.4) is 0 Å². The molecule has 9 heteroatoms. The maximum Gasteiger partial charge on any atom is 0.406 e. The van der Waals surface area contributed by atoms with Crippen molar-refractivity contribution in [2.45, 2.75) is 19.5 Å². The van der Waals surface area contributed by atoms with Crippen LogP contribution in [0, 0.1) is 5.41 Å². The molecule has 2 amide bonds. The van der Waals surface area contributed by atoms with Crippen molar-refractivity contribution in [3.8, 4) is 0 Å². The Kier molecular flexibility index (Phi) is 5.43. The van der Waals surface area contributed by atoms with E-state index in [4.69, 9.17) is 5.11 Å². The lowest BCUT2D eigenvalue weighted by Crippen LogP contribution is -2.49. The first-order valence-electron chi connectivity index (χ1n) is 6.65. The van der Waals surface area contributed by atoms with Gasteiger partial charge in [-0.15, -0.1) is 0 Å². The van der Waals surface area contributed by atoms with Gasteiger partial charge >= 0.3 is 18.2 Å². The number of carboxylic acids is 1. The lowest BCUT2D eigenvalue weighted by molar-refractivity contribution is -0.226. The molecule has 0 aliphatic carbocycles. The second-order valence-corrected chi connectivity index (χ2v) is 5.18. The molecule has 122 valence electrons. The van der Waals surface area contributed by atoms with Gasteiger partial charge in [0.15, 0.2) is 5.41 Å². The summed E-state index contributed by atoms with van der Waals surface area (Å²) in [6, 6.07) is -0.660. The van der Waals surface area contributed by atoms with Crippen molar-refractivity contribution >= 4 is 12.0 Å². The number of nitrogens with zero attached hydrogens (tertiary/aromatic N) is 2. The summed E-state index contributed by atoms with van der Waals surface area (Å²) in [5.74, 6) is -1.93. The lowest BCUT2D eigenvalue weighted by Gasteiger charge is -2.27. The van der Waals surface area contributed by atoms with E-state index < -0.39 is 36.6 Å². The molecular weight excluding hydrogens is 291 g/mol. The zero-order valence-corrected chi connectivity index (χ0v) is 12.0. The minimum Gasteiger partial charge on any atom is -0.481 e. The molecule has 1 aliphatic heterocycles. The van der Waals surface area contributed by atoms with Gasteiger partial charge < -0.3 is 20.2 Å². The number of hydrogen-bond acceptors (Lipinski definition) is 3. The van der Waals surface area contributed by atoms with Gasteiger partial charge in [0, 0.05) is 26.2 Å². The summed E-state index contributed by atoms with van der Waals surface area (Å²) in [7, 11) is 1.85. The van der Waals surface area contributed by atoms with Gasteiger partial charge in [-0.05, 0) is 20.0 Å². The topological polar surface area (TPSA) is 72.9 Å². The number of hydrogen-bond donors (Lipinski definition) is 2. The van der Waals surface area contributed by atoms with Crippen LogP contribution in [0.2, 0.25) is 0 Å². The van der Waals surface area contributed by atoms with Gasteiger partial charge in [0.05, 0.1) is 0 Å². The molecule has 2 N–H and O–H groups in total. The number of halogens is 3. The van der Waals surface area contributed by atoms with E-state index in [-0.39, 0.29) is 6.54 Å². The fraction of sp³-hybridized carbons (Fsp3) is 0.833. The molecule has 1 atom stereocenters. The van der Waals surface area contributed by atoms with E-state index in [0.717, 1.165) is 11.4 Å². The third kappa shape index (κ3) is 3.78. The minimum atomic E-state index is -4.88. The Hall–Kier alpha value is -1.51. The summed E-state index contributed by atoms with van der Waals surface area (Å²) in [4.78, 5) is 25.6. The normalized spacial score (nSPS) is 22.7. The van der Waals surface area contributed by atoms with E-state index in [1.165, 1.54) is 0 Å². The molecule has 1 rings (SSSR count). The van der Waals surface area contributed by atoms with E-state index in [1.807, 2.05) is 18.9 Å². The number of nitrogens with one attached hydrogen (secondary N) is 1. The van der Waals surface area contributed by atoms with Crippen molar-refractivity contribution in [3.05, 3.63) is 0 Å². The quantitative estimate of drug-likeness (QED) is 0.794. The molecule has 0 bridgehead atoms. The van der Waals surface area contributed by atoms with Gasteiger partial charge in [0.2, 0.25) is 0 Å². The molecule has 0 saturated carbocycles. The van der Waals surface area contributed by atoms with Crippen LogP contribution < -0.4 is 5.32 Å². The standard InChI is InChI=1S/C12H20F3N3O3/c1-3-17(2)7-5-16-10(21)18-6-4-11(8-18,9(19)20)12(13,14)15/h3-8H2,1-2H3,(H,16,21)(H,19,20). The highest BCUT2D eigenvalue weighted by Gasteiger charge is 2.64. The molecule has 1 fully saturated rings. The number of carbonyl (C=O) groups excluding carboxylic acids is 1. The zero-order chi connectivity index (χ0) is 16.3. The molecule has 0 aromatic heterocycles. The fourth-order valence-electron chi connectivity index (χ4n) is 2.13. The first kappa shape index (κ1) is 17.5. The predicted molar refractivity (Wildman–Crippen MR) is 68.9 cm³/mol. The number of carboxylic acid groups (broad SMARTS) is 1. The monoisotopic (exact) mass is 311 g/mol. The third-order valence-corrected chi connectivity index (χ3v) is 3.82. The van der Waals surface area contributed by atoms with Crippen LogP contribution in [0.15, 0.2) is 0 Å². The van der Waals surface area contributed by atoms with Gasteiger partial charge in [0.1, 0.15) is 0 Å². The van der Waals surface area contributed by atoms with Crippen molar-refractivity contribution in [1.29, 1.82) is 0 Å². The number of rotatable bonds is 5. The Morgan fingerprint density at radius 3 is 2.48 bits per heavy atom. The van der Waals surface area contributed by atoms with Crippen molar-refractivity contribution in [3.63, 3.8) is 0 Å². The minimum absolute atomic E-state index is 0.221. The average Bonchev–Trinajstić information content (AvgIpc) is 2.84. The smallest absolute Gasteiger partial charge is 0.406 e. The van der Waals surface area contributed by atoms with Crippen LogP contribution in [-0.2, 0) is 4.79 Å². The number of alkyl halides is 3. The number of aliphatic carboxylic acids is 1. The van der Waals surface area contributed by atoms with Crippen molar-refractivity contribution in [1.82, 2.24) is 15.1 Å². The Morgan fingerprint density at radius 2 is 2.05 bits per heavy atom. The highest BCUT2D eigenvalue weighted by molar-refractivity contribution is 5.80. The van der Waals surface area contributed by atoms with Crippen molar-refractivity contribution in [2.75, 3.05) is 39.8 Å². The van der Waals surface area contributed by atoms with Crippen LogP contribution >= 0.6 is 0 Å². The summed E-state index contributed by atoms with van der Waals surface area (Å²) in [6.07, 6.45) is -5.50. The van der Waals surface area contributed by atoms with Crippen molar-refractivity contribution < 1.29 is 27.9 Å². The Balaban J connectivity index is 2.60. The molecule has 1 aliphatic rings. The summed E-state index contributed by atoms with van der Waals surface area (Å²) in [5, 5.41) is 11.4. The fourth-order valence-corrected chi connectivity index (χ4v) is 2.13. The first-order valence-corrected chi connectivity index (χ1v) is 6.65. The molecule has 0 aromatic rings. The van der Waals surface area contributed by atoms with Crippen LogP contribution in [0.1, 0.15) is 13.3 Å². The third-order valence-electron chi connectivity index (χ3n) is 3.82. The first-order chi connectivity index (χ1) is 9.64. The van der Waals surface area contributed by atoms with Gasteiger partial charge in [-0.2, -0.15) is 13.2 Å². The average molecular weight is 311 g/mol. The van der Waals surface area contributed by atoms with E-state index in [2.05, 4.69) is 5.32 Å². The molecule has 6 nitrogen and oxygen atoms in total. The Bertz CT molecular complexity index is 403.